The molecule has 1 aromatic heterocycles. The highest BCUT2D eigenvalue weighted by atomic mass is 16.4. The second-order valence-electron chi connectivity index (χ2n) is 5.31. The Labute approximate surface area is 113 Å². The predicted octanol–water partition coefficient (Wildman–Crippen LogP) is 0.643. The first-order valence-electron chi connectivity index (χ1n) is 6.06. The maximum Gasteiger partial charge on any atom is 0.352 e. The number of hydrogen-bond acceptors (Lipinski definition) is 3. The lowest BCUT2D eigenvalue weighted by Gasteiger charge is -2.32. The van der Waals surface area contributed by atoms with Crippen LogP contribution in [0, 0.1) is 0 Å². The van der Waals surface area contributed by atoms with Gasteiger partial charge >= 0.3 is 5.97 Å². The van der Waals surface area contributed by atoms with Crippen LogP contribution >= 0.6 is 0 Å². The summed E-state index contributed by atoms with van der Waals surface area (Å²) in [4.78, 5) is 24.7. The average molecular weight is 267 g/mol. The third-order valence-electron chi connectivity index (χ3n) is 3.29. The molecule has 0 saturated heterocycles. The topological polar surface area (TPSA) is 74.6 Å². The molecule has 1 heterocycles. The number of amides is 1. The first kappa shape index (κ1) is 15.2. The van der Waals surface area contributed by atoms with E-state index >= 15 is 0 Å². The molecule has 6 heteroatoms. The van der Waals surface area contributed by atoms with Crippen LogP contribution in [0.1, 0.15) is 24.3 Å². The lowest BCUT2D eigenvalue weighted by molar-refractivity contribution is -0.122. The highest BCUT2D eigenvalue weighted by Crippen LogP contribution is 2.08. The smallest absolute Gasteiger partial charge is 0.352 e. The summed E-state index contributed by atoms with van der Waals surface area (Å²) < 4.78 is 1.42. The zero-order valence-electron chi connectivity index (χ0n) is 11.8. The van der Waals surface area contributed by atoms with Crippen LogP contribution in [-0.2, 0) is 11.3 Å². The van der Waals surface area contributed by atoms with Gasteiger partial charge in [0, 0.05) is 18.3 Å². The van der Waals surface area contributed by atoms with Gasteiger partial charge in [0.15, 0.2) is 0 Å². The maximum absolute atomic E-state index is 11.8. The van der Waals surface area contributed by atoms with Gasteiger partial charge in [-0.05, 0) is 40.1 Å². The fourth-order valence-electron chi connectivity index (χ4n) is 1.43. The van der Waals surface area contributed by atoms with Crippen molar-refractivity contribution in [3.8, 4) is 0 Å². The van der Waals surface area contributed by atoms with Crippen LogP contribution in [0.15, 0.2) is 18.3 Å². The van der Waals surface area contributed by atoms with Crippen LogP contribution in [0.3, 0.4) is 0 Å². The van der Waals surface area contributed by atoms with Gasteiger partial charge in [-0.3, -0.25) is 4.79 Å². The van der Waals surface area contributed by atoms with Crippen molar-refractivity contribution in [3.05, 3.63) is 24.0 Å². The molecular formula is C13H21N3O3. The van der Waals surface area contributed by atoms with Gasteiger partial charge in [-0.2, -0.15) is 0 Å². The Morgan fingerprint density at radius 1 is 1.42 bits per heavy atom. The highest BCUT2D eigenvalue weighted by molar-refractivity contribution is 5.86. The van der Waals surface area contributed by atoms with Crippen molar-refractivity contribution in [3.63, 3.8) is 0 Å². The molecule has 1 rings (SSSR count). The number of carboxylic acid groups (broad SMARTS) is 1. The number of hydrogen-bond donors (Lipinski definition) is 2. The first-order valence-corrected chi connectivity index (χ1v) is 6.06. The number of nitrogens with one attached hydrogen (secondary N) is 1. The number of aromatic nitrogens is 1. The van der Waals surface area contributed by atoms with Crippen molar-refractivity contribution in [1.82, 2.24) is 14.8 Å². The summed E-state index contributed by atoms with van der Waals surface area (Å²) >= 11 is 0. The van der Waals surface area contributed by atoms with Crippen molar-refractivity contribution in [2.24, 2.45) is 0 Å². The van der Waals surface area contributed by atoms with Crippen LogP contribution in [0.5, 0.6) is 0 Å². The van der Waals surface area contributed by atoms with E-state index in [0.717, 1.165) is 0 Å². The zero-order valence-corrected chi connectivity index (χ0v) is 11.8. The first-order chi connectivity index (χ1) is 8.74. The van der Waals surface area contributed by atoms with Crippen LogP contribution in [0.4, 0.5) is 0 Å². The lowest BCUT2D eigenvalue weighted by Crippen LogP contribution is -2.48. The van der Waals surface area contributed by atoms with E-state index in [4.69, 9.17) is 5.11 Å². The van der Waals surface area contributed by atoms with E-state index in [1.807, 2.05) is 32.8 Å². The third kappa shape index (κ3) is 4.10. The number of aromatic carboxylic acids is 1. The molecule has 0 bridgehead atoms. The standard InChI is InChI=1S/C13H21N3O3/c1-13(2,15(3)4)9-14-11(17)8-16-7-5-6-10(16)12(18)19/h5-7H,8-9H2,1-4H3,(H,14,17)(H,18,19). The minimum atomic E-state index is -1.04. The van der Waals surface area contributed by atoms with E-state index < -0.39 is 5.97 Å². The lowest BCUT2D eigenvalue weighted by atomic mass is 10.0. The summed E-state index contributed by atoms with van der Waals surface area (Å²) in [7, 11) is 3.89. The van der Waals surface area contributed by atoms with Gasteiger partial charge in [-0.1, -0.05) is 0 Å². The Balaban J connectivity index is 2.57. The van der Waals surface area contributed by atoms with E-state index in [0.29, 0.717) is 6.54 Å². The van der Waals surface area contributed by atoms with Crippen LogP contribution < -0.4 is 5.32 Å². The number of likely N-dealkylation sites (N-methyl/N-ethyl adjacent to an activating group) is 1. The van der Waals surface area contributed by atoms with Crippen LogP contribution in [0.2, 0.25) is 0 Å². The van der Waals surface area contributed by atoms with Gasteiger partial charge in [0.25, 0.3) is 0 Å². The van der Waals surface area contributed by atoms with Gasteiger partial charge < -0.3 is 19.9 Å². The van der Waals surface area contributed by atoms with Crippen molar-refractivity contribution < 1.29 is 14.7 Å². The molecule has 0 aliphatic rings. The molecule has 106 valence electrons. The normalized spacial score (nSPS) is 11.6. The van der Waals surface area contributed by atoms with E-state index in [2.05, 4.69) is 5.32 Å². The maximum atomic E-state index is 11.8. The molecule has 1 aromatic rings. The Hall–Kier alpha value is -1.82. The number of carbonyl (C=O) groups excluding carboxylic acids is 1. The number of rotatable bonds is 6. The largest absolute Gasteiger partial charge is 0.477 e. The van der Waals surface area contributed by atoms with E-state index in [1.165, 1.54) is 10.6 Å². The van der Waals surface area contributed by atoms with Crippen molar-refractivity contribution in [2.45, 2.75) is 25.9 Å². The molecule has 6 nitrogen and oxygen atoms in total. The van der Waals surface area contributed by atoms with Gasteiger partial charge in [-0.25, -0.2) is 4.79 Å². The quantitative estimate of drug-likeness (QED) is 0.793. The fourth-order valence-corrected chi connectivity index (χ4v) is 1.43. The summed E-state index contributed by atoms with van der Waals surface area (Å²) in [5.74, 6) is -1.24. The fraction of sp³-hybridized carbons (Fsp3) is 0.538. The minimum absolute atomic E-state index is 0.0120. The summed E-state index contributed by atoms with van der Waals surface area (Å²) in [6, 6.07) is 3.08. The van der Waals surface area contributed by atoms with Gasteiger partial charge in [0.2, 0.25) is 5.91 Å². The molecule has 0 unspecified atom stereocenters. The number of carbonyl (C=O) groups is 2. The molecule has 0 atom stereocenters. The average Bonchev–Trinajstić information content (AvgIpc) is 2.74. The van der Waals surface area contributed by atoms with Gasteiger partial charge in [0.05, 0.1) is 0 Å². The molecule has 2 N–H and O–H groups in total. The monoisotopic (exact) mass is 267 g/mol. The second kappa shape index (κ2) is 5.88. The molecule has 0 spiro atoms. The summed E-state index contributed by atoms with van der Waals surface area (Å²) in [5, 5.41) is 11.8. The Bertz CT molecular complexity index is 463. The van der Waals surface area contributed by atoms with Gasteiger partial charge in [0.1, 0.15) is 12.2 Å². The number of nitrogens with zero attached hydrogens (tertiary/aromatic N) is 2. The van der Waals surface area contributed by atoms with Crippen molar-refractivity contribution >= 4 is 11.9 Å². The Morgan fingerprint density at radius 2 is 2.05 bits per heavy atom. The summed E-state index contributed by atoms with van der Waals surface area (Å²) in [6.07, 6.45) is 1.58. The van der Waals surface area contributed by atoms with E-state index in [-0.39, 0.29) is 23.7 Å². The molecule has 1 amide bonds. The second-order valence-corrected chi connectivity index (χ2v) is 5.31. The molecule has 0 saturated carbocycles. The Morgan fingerprint density at radius 3 is 2.58 bits per heavy atom. The zero-order chi connectivity index (χ0) is 14.6. The molecular weight excluding hydrogens is 246 g/mol. The molecule has 0 radical (unpaired) electrons. The van der Waals surface area contributed by atoms with E-state index in [1.54, 1.807) is 12.3 Å². The molecule has 0 aliphatic carbocycles. The molecule has 0 aromatic carbocycles. The molecule has 0 fully saturated rings. The summed E-state index contributed by atoms with van der Waals surface area (Å²) in [6.45, 7) is 4.55. The van der Waals surface area contributed by atoms with E-state index in [9.17, 15) is 9.59 Å². The van der Waals surface area contributed by atoms with Crippen LogP contribution in [0.25, 0.3) is 0 Å². The van der Waals surface area contributed by atoms with Crippen LogP contribution in [-0.4, -0.2) is 52.6 Å². The number of carboxylic acids is 1. The van der Waals surface area contributed by atoms with Crippen molar-refractivity contribution in [2.75, 3.05) is 20.6 Å². The predicted molar refractivity (Wildman–Crippen MR) is 72.2 cm³/mol. The van der Waals surface area contributed by atoms with Crippen molar-refractivity contribution in [1.29, 1.82) is 0 Å². The minimum Gasteiger partial charge on any atom is -0.477 e. The molecule has 0 aliphatic heterocycles. The van der Waals surface area contributed by atoms with Gasteiger partial charge in [-0.15, -0.1) is 0 Å². The Kier molecular flexibility index (Phi) is 4.72. The third-order valence-corrected chi connectivity index (χ3v) is 3.29. The molecule has 19 heavy (non-hydrogen) atoms. The summed E-state index contributed by atoms with van der Waals surface area (Å²) in [5.41, 5.74) is -0.0378. The SMILES string of the molecule is CN(C)C(C)(C)CNC(=O)Cn1cccc1C(=O)O. The highest BCUT2D eigenvalue weighted by Gasteiger charge is 2.21.